The van der Waals surface area contributed by atoms with E-state index < -0.39 is 5.91 Å². The molecule has 0 aliphatic heterocycles. The fourth-order valence-electron chi connectivity index (χ4n) is 1.66. The van der Waals surface area contributed by atoms with Crippen LogP contribution < -0.4 is 15.7 Å². The van der Waals surface area contributed by atoms with Crippen LogP contribution in [0.15, 0.2) is 23.0 Å². The third-order valence-electron chi connectivity index (χ3n) is 2.84. The molecule has 2 aromatic rings. The minimum absolute atomic E-state index is 0.0602. The largest absolute Gasteiger partial charge is 0.504 e. The second kappa shape index (κ2) is 5.47. The number of aromatic hydroxyl groups is 1. The summed E-state index contributed by atoms with van der Waals surface area (Å²) in [6, 6.07) is 4.61. The first-order chi connectivity index (χ1) is 9.54. The fraction of sp³-hybridized carbons (Fsp3) is 0.250. The Morgan fingerprint density at radius 2 is 2.30 bits per heavy atom. The Morgan fingerprint density at radius 3 is 2.90 bits per heavy atom. The highest BCUT2D eigenvalue weighted by atomic mass is 16.5. The number of phenols is 1. The average molecular weight is 278 g/mol. The summed E-state index contributed by atoms with van der Waals surface area (Å²) in [5.74, 6) is -0.129. The molecule has 1 aromatic heterocycles. The van der Waals surface area contributed by atoms with Crippen LogP contribution in [0.4, 0.5) is 0 Å². The molecule has 0 radical (unpaired) electrons. The van der Waals surface area contributed by atoms with Crippen LogP contribution in [0.5, 0.6) is 11.5 Å². The van der Waals surface area contributed by atoms with Crippen LogP contribution in [-0.2, 0) is 13.6 Å². The van der Waals surface area contributed by atoms with Crippen molar-refractivity contribution in [1.29, 1.82) is 0 Å². The number of carbonyl (C=O) groups is 1. The summed E-state index contributed by atoms with van der Waals surface area (Å²) in [5.41, 5.74) is -0.275. The van der Waals surface area contributed by atoms with E-state index in [1.54, 1.807) is 12.1 Å². The highest BCUT2D eigenvalue weighted by Gasteiger charge is 2.15. The first-order valence-corrected chi connectivity index (χ1v) is 5.79. The van der Waals surface area contributed by atoms with Crippen molar-refractivity contribution in [3.63, 3.8) is 0 Å². The molecule has 8 nitrogen and oxygen atoms in total. The molecule has 0 bridgehead atoms. The highest BCUT2D eigenvalue weighted by molar-refractivity contribution is 5.97. The summed E-state index contributed by atoms with van der Waals surface area (Å²) >= 11 is 0. The second-order valence-corrected chi connectivity index (χ2v) is 4.04. The third kappa shape index (κ3) is 2.48. The van der Waals surface area contributed by atoms with Gasteiger partial charge in [-0.2, -0.15) is 5.10 Å². The van der Waals surface area contributed by atoms with E-state index in [2.05, 4.69) is 15.5 Å². The van der Waals surface area contributed by atoms with Gasteiger partial charge in [0.15, 0.2) is 17.3 Å². The number of rotatable bonds is 4. The van der Waals surface area contributed by atoms with Crippen LogP contribution in [-0.4, -0.2) is 32.9 Å². The number of H-pyrrole nitrogens is 1. The second-order valence-electron chi connectivity index (χ2n) is 4.04. The van der Waals surface area contributed by atoms with Crippen LogP contribution in [0.3, 0.4) is 0 Å². The van der Waals surface area contributed by atoms with Crippen molar-refractivity contribution < 1.29 is 14.6 Å². The van der Waals surface area contributed by atoms with Gasteiger partial charge >= 0.3 is 5.69 Å². The number of ether oxygens (including phenoxy) is 1. The number of hydrogen-bond donors (Lipinski definition) is 3. The number of amides is 1. The van der Waals surface area contributed by atoms with Crippen LogP contribution in [0.25, 0.3) is 0 Å². The number of benzene rings is 1. The number of methoxy groups -OCH3 is 1. The highest BCUT2D eigenvalue weighted by Crippen LogP contribution is 2.29. The van der Waals surface area contributed by atoms with E-state index in [9.17, 15) is 14.7 Å². The van der Waals surface area contributed by atoms with Crippen molar-refractivity contribution >= 4 is 5.91 Å². The van der Waals surface area contributed by atoms with Gasteiger partial charge in [0, 0.05) is 7.05 Å². The molecule has 0 unspecified atom stereocenters. The number of para-hydroxylation sites is 1. The average Bonchev–Trinajstić information content (AvgIpc) is 2.76. The van der Waals surface area contributed by atoms with Crippen molar-refractivity contribution in [2.24, 2.45) is 7.05 Å². The molecule has 0 atom stereocenters. The summed E-state index contributed by atoms with van der Waals surface area (Å²) in [6.07, 6.45) is 0. The maximum absolute atomic E-state index is 12.0. The standard InChI is InChI=1S/C12H14N4O4/c1-16-9(14-15-12(16)19)6-13-11(18)7-4-3-5-8(20-2)10(7)17/h3-5,17H,6H2,1-2H3,(H,13,18)(H,15,19). The van der Waals surface area contributed by atoms with E-state index in [0.29, 0.717) is 5.82 Å². The molecule has 3 N–H and O–H groups in total. The van der Waals surface area contributed by atoms with Crippen LogP contribution in [0.2, 0.25) is 0 Å². The van der Waals surface area contributed by atoms with E-state index in [1.165, 1.54) is 24.8 Å². The first-order valence-electron chi connectivity index (χ1n) is 5.79. The molecule has 1 amide bonds. The Hall–Kier alpha value is -2.77. The van der Waals surface area contributed by atoms with E-state index in [-0.39, 0.29) is 29.3 Å². The summed E-state index contributed by atoms with van der Waals surface area (Å²) in [5, 5.41) is 18.4. The molecule has 1 aromatic carbocycles. The van der Waals surface area contributed by atoms with Crippen molar-refractivity contribution in [3.05, 3.63) is 40.1 Å². The minimum Gasteiger partial charge on any atom is -0.504 e. The van der Waals surface area contributed by atoms with Gasteiger partial charge in [-0.1, -0.05) is 6.07 Å². The van der Waals surface area contributed by atoms with Gasteiger partial charge in [-0.05, 0) is 12.1 Å². The number of aromatic amines is 1. The molecule has 0 aliphatic carbocycles. The van der Waals surface area contributed by atoms with E-state index in [1.807, 2.05) is 0 Å². The maximum Gasteiger partial charge on any atom is 0.343 e. The molecule has 0 fully saturated rings. The van der Waals surface area contributed by atoms with Gasteiger partial charge in [-0.3, -0.25) is 9.36 Å². The van der Waals surface area contributed by atoms with Gasteiger partial charge in [0.2, 0.25) is 0 Å². The van der Waals surface area contributed by atoms with Gasteiger partial charge in [0.1, 0.15) is 0 Å². The molecule has 2 rings (SSSR count). The Kier molecular flexibility index (Phi) is 3.74. The zero-order chi connectivity index (χ0) is 14.7. The van der Waals surface area contributed by atoms with E-state index in [4.69, 9.17) is 4.74 Å². The summed E-state index contributed by atoms with van der Waals surface area (Å²) in [4.78, 5) is 23.1. The summed E-state index contributed by atoms with van der Waals surface area (Å²) in [7, 11) is 2.94. The van der Waals surface area contributed by atoms with Gasteiger partial charge in [-0.15, -0.1) is 0 Å². The molecule has 0 spiro atoms. The number of aromatic nitrogens is 3. The smallest absolute Gasteiger partial charge is 0.343 e. The van der Waals surface area contributed by atoms with Crippen LogP contribution in [0.1, 0.15) is 16.2 Å². The van der Waals surface area contributed by atoms with Crippen LogP contribution in [0, 0.1) is 0 Å². The fourth-order valence-corrected chi connectivity index (χ4v) is 1.66. The van der Waals surface area contributed by atoms with Crippen molar-refractivity contribution in [2.45, 2.75) is 6.54 Å². The van der Waals surface area contributed by atoms with Gasteiger partial charge < -0.3 is 15.2 Å². The molecule has 0 aliphatic rings. The Balaban J connectivity index is 2.13. The van der Waals surface area contributed by atoms with Gasteiger partial charge in [0.05, 0.1) is 19.2 Å². The van der Waals surface area contributed by atoms with Crippen molar-refractivity contribution in [3.8, 4) is 11.5 Å². The first kappa shape index (κ1) is 13.7. The zero-order valence-corrected chi connectivity index (χ0v) is 11.0. The quantitative estimate of drug-likeness (QED) is 0.714. The Bertz CT molecular complexity index is 689. The third-order valence-corrected chi connectivity index (χ3v) is 2.84. The maximum atomic E-state index is 12.0. The molecule has 1 heterocycles. The predicted molar refractivity (Wildman–Crippen MR) is 69.7 cm³/mol. The summed E-state index contributed by atoms with van der Waals surface area (Å²) in [6.45, 7) is 0.0602. The Morgan fingerprint density at radius 1 is 1.55 bits per heavy atom. The summed E-state index contributed by atoms with van der Waals surface area (Å²) < 4.78 is 6.21. The van der Waals surface area contributed by atoms with Gasteiger partial charge in [0.25, 0.3) is 5.91 Å². The molecular formula is C12H14N4O4. The lowest BCUT2D eigenvalue weighted by Crippen LogP contribution is -2.25. The number of carbonyl (C=O) groups excluding carboxylic acids is 1. The molecule has 0 saturated carbocycles. The van der Waals surface area contributed by atoms with Crippen molar-refractivity contribution in [1.82, 2.24) is 20.1 Å². The Labute approximate surface area is 114 Å². The number of nitrogens with zero attached hydrogens (tertiary/aromatic N) is 2. The minimum atomic E-state index is -0.489. The monoisotopic (exact) mass is 278 g/mol. The predicted octanol–water partition coefficient (Wildman–Crippen LogP) is -0.247. The lowest BCUT2D eigenvalue weighted by molar-refractivity contribution is 0.0946. The normalized spacial score (nSPS) is 10.3. The topological polar surface area (TPSA) is 109 Å². The molecule has 8 heteroatoms. The van der Waals surface area contributed by atoms with Gasteiger partial charge in [-0.25, -0.2) is 9.89 Å². The number of hydrogen-bond acceptors (Lipinski definition) is 5. The van der Waals surface area contributed by atoms with E-state index in [0.717, 1.165) is 0 Å². The van der Waals surface area contributed by atoms with Crippen molar-refractivity contribution in [2.75, 3.05) is 7.11 Å². The number of nitrogens with one attached hydrogen (secondary N) is 2. The lowest BCUT2D eigenvalue weighted by atomic mass is 10.1. The molecule has 20 heavy (non-hydrogen) atoms. The lowest BCUT2D eigenvalue weighted by Gasteiger charge is -2.09. The van der Waals surface area contributed by atoms with Crippen LogP contribution >= 0.6 is 0 Å². The SMILES string of the molecule is COc1cccc(C(=O)NCc2n[nH]c(=O)n2C)c1O. The number of phenolic OH excluding ortho intramolecular Hbond substituents is 1. The molecule has 0 saturated heterocycles. The van der Waals surface area contributed by atoms with E-state index >= 15 is 0 Å². The zero-order valence-electron chi connectivity index (χ0n) is 11.0. The molecule has 106 valence electrons. The molecular weight excluding hydrogens is 264 g/mol.